The van der Waals surface area contributed by atoms with Crippen LogP contribution >= 0.6 is 0 Å². The van der Waals surface area contributed by atoms with E-state index in [2.05, 4.69) is 131 Å². The van der Waals surface area contributed by atoms with E-state index in [1.165, 1.54) is 39.1 Å². The van der Waals surface area contributed by atoms with E-state index in [-0.39, 0.29) is 5.83 Å². The molecule has 4 aromatic rings. The molecule has 4 heteroatoms. The molecule has 3 nitrogen and oxygen atoms in total. The van der Waals surface area contributed by atoms with Crippen molar-refractivity contribution in [3.63, 3.8) is 0 Å². The molecule has 0 fully saturated rings. The fraction of sp³-hybridized carbons (Fsp3) is 0.149. The molecule has 3 aliphatic rings. The Morgan fingerprint density at radius 3 is 2.53 bits per heavy atom. The number of amidine groups is 1. The molecule has 4 aromatic carbocycles. The van der Waals surface area contributed by atoms with Crippen LogP contribution in [0.25, 0.3) is 44.2 Å². The van der Waals surface area contributed by atoms with Crippen LogP contribution in [-0.4, -0.2) is 25.6 Å². The average Bonchev–Trinajstić information content (AvgIpc) is 3.39. The zero-order chi connectivity index (χ0) is 35.2. The van der Waals surface area contributed by atoms with Gasteiger partial charge in [0.2, 0.25) is 0 Å². The van der Waals surface area contributed by atoms with Gasteiger partial charge in [0.25, 0.3) is 0 Å². The maximum absolute atomic E-state index is 15.6. The minimum absolute atomic E-state index is 0.241. The summed E-state index contributed by atoms with van der Waals surface area (Å²) in [5.41, 5.74) is 10.5. The smallest absolute Gasteiger partial charge is 0.128 e. The molecule has 0 aliphatic heterocycles. The Morgan fingerprint density at radius 2 is 1.65 bits per heavy atom. The van der Waals surface area contributed by atoms with Gasteiger partial charge in [0.15, 0.2) is 0 Å². The predicted octanol–water partition coefficient (Wildman–Crippen LogP) is 11.6. The third-order valence-corrected chi connectivity index (χ3v) is 9.81. The second-order valence-electron chi connectivity index (χ2n) is 13.0. The van der Waals surface area contributed by atoms with Gasteiger partial charge in [-0.2, -0.15) is 0 Å². The van der Waals surface area contributed by atoms with Crippen molar-refractivity contribution >= 4 is 34.0 Å². The van der Waals surface area contributed by atoms with E-state index >= 15 is 4.39 Å². The SMILES string of the molecule is C/C=C\N=CCNC(=NC)c1cc(-c2cc(C3=C4C=CC=CC4C(C)C=C3)cc(-c3cccc4ccccc34)c2)ccc1C1=C(F)C=CC=CC1. The summed E-state index contributed by atoms with van der Waals surface area (Å²) in [6.45, 7) is 4.70. The Hall–Kier alpha value is -5.87. The van der Waals surface area contributed by atoms with Gasteiger partial charge in [-0.25, -0.2) is 4.39 Å². The van der Waals surface area contributed by atoms with E-state index in [1.54, 1.807) is 25.5 Å². The number of nitrogens with one attached hydrogen (secondary N) is 1. The van der Waals surface area contributed by atoms with Gasteiger partial charge in [0.05, 0.1) is 6.54 Å². The highest BCUT2D eigenvalue weighted by atomic mass is 19.1. The Labute approximate surface area is 300 Å². The summed E-state index contributed by atoms with van der Waals surface area (Å²) in [6.07, 6.45) is 26.6. The highest BCUT2D eigenvalue weighted by Gasteiger charge is 2.25. The van der Waals surface area contributed by atoms with E-state index in [0.29, 0.717) is 36.2 Å². The van der Waals surface area contributed by atoms with Gasteiger partial charge >= 0.3 is 0 Å². The van der Waals surface area contributed by atoms with E-state index in [0.717, 1.165) is 27.8 Å². The maximum Gasteiger partial charge on any atom is 0.128 e. The summed E-state index contributed by atoms with van der Waals surface area (Å²) < 4.78 is 15.6. The van der Waals surface area contributed by atoms with Gasteiger partial charge in [-0.15, -0.1) is 0 Å². The second-order valence-corrected chi connectivity index (χ2v) is 13.0. The Kier molecular flexibility index (Phi) is 10.1. The van der Waals surface area contributed by atoms with Crippen LogP contribution < -0.4 is 5.32 Å². The first kappa shape index (κ1) is 33.6. The number of fused-ring (bicyclic) bond motifs is 2. The molecule has 0 heterocycles. The number of hydrogen-bond donors (Lipinski definition) is 1. The van der Waals surface area contributed by atoms with Crippen LogP contribution in [0.4, 0.5) is 4.39 Å². The molecule has 0 saturated carbocycles. The van der Waals surface area contributed by atoms with Gasteiger partial charge in [-0.1, -0.05) is 122 Å². The first-order valence-corrected chi connectivity index (χ1v) is 17.7. The quantitative estimate of drug-likeness (QED) is 0.147. The van der Waals surface area contributed by atoms with Gasteiger partial charge in [0, 0.05) is 30.9 Å². The third-order valence-electron chi connectivity index (χ3n) is 9.81. The lowest BCUT2D eigenvalue weighted by molar-refractivity contribution is 0.585. The summed E-state index contributed by atoms with van der Waals surface area (Å²) in [5, 5.41) is 5.86. The van der Waals surface area contributed by atoms with Crippen molar-refractivity contribution in [3.8, 4) is 22.3 Å². The van der Waals surface area contributed by atoms with E-state index < -0.39 is 0 Å². The van der Waals surface area contributed by atoms with E-state index in [1.807, 2.05) is 31.2 Å². The molecule has 2 unspecified atom stereocenters. The standard InChI is InChI=1S/C47H42FN3/c1-4-25-50-26-27-51-47(49-3)45-31-34(22-24-43(45)44-18-6-5-7-20-46(44)48)35-28-36(40-19-12-14-33-13-8-9-16-39(33)40)30-37(29-35)41-23-21-32(2)38-15-10-11-17-42(38)41/h4-17,19-26,28-32,38H,18,27H2,1-3H3,(H,49,51)/b25-4-,50-26?. The van der Waals surface area contributed by atoms with Crippen LogP contribution in [0.1, 0.15) is 37.0 Å². The molecule has 0 aromatic heterocycles. The summed E-state index contributed by atoms with van der Waals surface area (Å²) in [4.78, 5) is 8.98. The monoisotopic (exact) mass is 667 g/mol. The normalized spacial score (nSPS) is 18.8. The lowest BCUT2D eigenvalue weighted by Gasteiger charge is -2.28. The van der Waals surface area contributed by atoms with Crippen molar-refractivity contribution in [1.29, 1.82) is 0 Å². The second kappa shape index (κ2) is 15.3. The van der Waals surface area contributed by atoms with Crippen molar-refractivity contribution in [3.05, 3.63) is 180 Å². The number of nitrogens with zero attached hydrogens (tertiary/aromatic N) is 2. The molecule has 0 saturated heterocycles. The number of halogens is 1. The first-order chi connectivity index (χ1) is 25.1. The molecule has 252 valence electrons. The Bertz CT molecular complexity index is 2280. The summed E-state index contributed by atoms with van der Waals surface area (Å²) >= 11 is 0. The van der Waals surface area contributed by atoms with Crippen molar-refractivity contribution in [2.24, 2.45) is 21.8 Å². The molecule has 51 heavy (non-hydrogen) atoms. The number of rotatable bonds is 8. The molecule has 1 N–H and O–H groups in total. The predicted molar refractivity (Wildman–Crippen MR) is 217 cm³/mol. The minimum Gasteiger partial charge on any atom is -0.365 e. The molecule has 2 atom stereocenters. The summed E-state index contributed by atoms with van der Waals surface area (Å²) in [7, 11) is 1.77. The Balaban J connectivity index is 1.43. The van der Waals surface area contributed by atoms with E-state index in [4.69, 9.17) is 0 Å². The Morgan fingerprint density at radius 1 is 0.824 bits per heavy atom. The fourth-order valence-corrected chi connectivity index (χ4v) is 7.26. The first-order valence-electron chi connectivity index (χ1n) is 17.7. The van der Waals surface area contributed by atoms with Crippen molar-refractivity contribution in [2.45, 2.75) is 20.3 Å². The molecule has 7 rings (SSSR count). The van der Waals surface area contributed by atoms with Crippen LogP contribution in [0.15, 0.2) is 173 Å². The third kappa shape index (κ3) is 7.09. The molecular formula is C47H42FN3. The largest absolute Gasteiger partial charge is 0.365 e. The van der Waals surface area contributed by atoms with Gasteiger partial charge < -0.3 is 5.32 Å². The van der Waals surface area contributed by atoms with E-state index in [9.17, 15) is 0 Å². The number of benzene rings is 4. The molecule has 3 aliphatic carbocycles. The molecule has 0 bridgehead atoms. The zero-order valence-corrected chi connectivity index (χ0v) is 29.4. The summed E-state index contributed by atoms with van der Waals surface area (Å²) in [5.74, 6) is 1.20. The highest BCUT2D eigenvalue weighted by molar-refractivity contribution is 6.05. The average molecular weight is 668 g/mol. The van der Waals surface area contributed by atoms with Gasteiger partial charge in [0.1, 0.15) is 11.7 Å². The van der Waals surface area contributed by atoms with Crippen molar-refractivity contribution < 1.29 is 4.39 Å². The summed E-state index contributed by atoms with van der Waals surface area (Å²) in [6, 6.07) is 28.3. The highest BCUT2D eigenvalue weighted by Crippen LogP contribution is 2.42. The fourth-order valence-electron chi connectivity index (χ4n) is 7.26. The molecule has 0 radical (unpaired) electrons. The molecule has 0 amide bonds. The number of aliphatic imine (C=N–C) groups is 2. The van der Waals surface area contributed by atoms with Crippen LogP contribution in [0, 0.1) is 11.8 Å². The maximum atomic E-state index is 15.6. The van der Waals surface area contributed by atoms with Crippen molar-refractivity contribution in [1.82, 2.24) is 5.32 Å². The van der Waals surface area contributed by atoms with Crippen molar-refractivity contribution in [2.75, 3.05) is 13.6 Å². The van der Waals surface area contributed by atoms with Crippen LogP contribution in [-0.2, 0) is 0 Å². The van der Waals surface area contributed by atoms with Gasteiger partial charge in [-0.05, 0) is 110 Å². The number of allylic oxidation sites excluding steroid dienone is 15. The topological polar surface area (TPSA) is 36.8 Å². The van der Waals surface area contributed by atoms with Crippen LogP contribution in [0.2, 0.25) is 0 Å². The van der Waals surface area contributed by atoms with Crippen LogP contribution in [0.5, 0.6) is 0 Å². The molecule has 0 spiro atoms. The lowest BCUT2D eigenvalue weighted by Crippen LogP contribution is -2.27. The minimum atomic E-state index is -0.241. The van der Waals surface area contributed by atoms with Crippen LogP contribution in [0.3, 0.4) is 0 Å². The van der Waals surface area contributed by atoms with Gasteiger partial charge in [-0.3, -0.25) is 9.98 Å². The number of hydrogen-bond acceptors (Lipinski definition) is 2. The zero-order valence-electron chi connectivity index (χ0n) is 29.4. The lowest BCUT2D eigenvalue weighted by atomic mass is 9.76. The molecular weight excluding hydrogens is 626 g/mol.